The van der Waals surface area contributed by atoms with Gasteiger partial charge in [0, 0.05) is 16.2 Å². The number of benzene rings is 1. The highest BCUT2D eigenvalue weighted by Crippen LogP contribution is 2.21. The average Bonchev–Trinajstić information content (AvgIpc) is 2.76. The predicted molar refractivity (Wildman–Crippen MR) is 63.3 cm³/mol. The molecule has 1 aromatic carbocycles. The summed E-state index contributed by atoms with van der Waals surface area (Å²) in [6.45, 7) is 1.92. The van der Waals surface area contributed by atoms with Gasteiger partial charge in [-0.05, 0) is 24.6 Å². The summed E-state index contributed by atoms with van der Waals surface area (Å²) in [7, 11) is 0. The Balaban J connectivity index is 2.21. The van der Waals surface area contributed by atoms with Crippen LogP contribution >= 0.6 is 15.9 Å². The Labute approximate surface area is 101 Å². The topological polar surface area (TPSA) is 55.1 Å². The van der Waals surface area contributed by atoms with Crippen LogP contribution in [-0.4, -0.2) is 11.1 Å². The van der Waals surface area contributed by atoms with E-state index in [2.05, 4.69) is 26.4 Å². The SMILES string of the molecule is Cc1ccc(Br)cc1NC(=O)c1ccno1. The zero-order chi connectivity index (χ0) is 11.5. The molecular weight excluding hydrogens is 272 g/mol. The van der Waals surface area contributed by atoms with Crippen molar-refractivity contribution in [3.05, 3.63) is 46.3 Å². The standard InChI is InChI=1S/C11H9BrN2O2/c1-7-2-3-8(12)6-9(7)14-11(15)10-4-5-13-16-10/h2-6H,1H3,(H,14,15). The fourth-order valence-electron chi connectivity index (χ4n) is 1.25. The number of hydrogen-bond acceptors (Lipinski definition) is 3. The van der Waals surface area contributed by atoms with Crippen LogP contribution in [0.25, 0.3) is 0 Å². The molecular formula is C11H9BrN2O2. The molecule has 0 radical (unpaired) electrons. The molecule has 0 aliphatic rings. The highest BCUT2D eigenvalue weighted by molar-refractivity contribution is 9.10. The Morgan fingerprint density at radius 1 is 1.44 bits per heavy atom. The van der Waals surface area contributed by atoms with Crippen LogP contribution in [0.2, 0.25) is 0 Å². The van der Waals surface area contributed by atoms with E-state index in [4.69, 9.17) is 4.52 Å². The van der Waals surface area contributed by atoms with Crippen molar-refractivity contribution in [2.45, 2.75) is 6.92 Å². The maximum atomic E-state index is 11.7. The van der Waals surface area contributed by atoms with Crippen molar-refractivity contribution in [3.63, 3.8) is 0 Å². The number of rotatable bonds is 2. The monoisotopic (exact) mass is 280 g/mol. The molecule has 0 spiro atoms. The van der Waals surface area contributed by atoms with Gasteiger partial charge in [-0.2, -0.15) is 0 Å². The summed E-state index contributed by atoms with van der Waals surface area (Å²) >= 11 is 3.35. The molecule has 5 heteroatoms. The van der Waals surface area contributed by atoms with Crippen LogP contribution in [0.15, 0.2) is 39.5 Å². The van der Waals surface area contributed by atoms with E-state index in [-0.39, 0.29) is 11.7 Å². The van der Waals surface area contributed by atoms with Crippen molar-refractivity contribution in [2.75, 3.05) is 5.32 Å². The second-order valence-electron chi connectivity index (χ2n) is 3.29. The Hall–Kier alpha value is -1.62. The van der Waals surface area contributed by atoms with E-state index in [1.165, 1.54) is 12.3 Å². The zero-order valence-electron chi connectivity index (χ0n) is 8.53. The van der Waals surface area contributed by atoms with Gasteiger partial charge in [0.2, 0.25) is 5.76 Å². The summed E-state index contributed by atoms with van der Waals surface area (Å²) in [5, 5.41) is 6.23. The molecule has 0 saturated carbocycles. The molecule has 2 aromatic rings. The molecule has 16 heavy (non-hydrogen) atoms. The molecule has 1 heterocycles. The van der Waals surface area contributed by atoms with Crippen molar-refractivity contribution in [1.29, 1.82) is 0 Å². The van der Waals surface area contributed by atoms with Crippen LogP contribution in [0.4, 0.5) is 5.69 Å². The lowest BCUT2D eigenvalue weighted by molar-refractivity contribution is 0.0988. The summed E-state index contributed by atoms with van der Waals surface area (Å²) in [6, 6.07) is 7.19. The second kappa shape index (κ2) is 4.49. The second-order valence-corrected chi connectivity index (χ2v) is 4.21. The largest absolute Gasteiger partial charge is 0.351 e. The number of hydrogen-bond donors (Lipinski definition) is 1. The number of aromatic nitrogens is 1. The van der Waals surface area contributed by atoms with Gasteiger partial charge in [0.05, 0.1) is 6.20 Å². The van der Waals surface area contributed by atoms with E-state index in [0.29, 0.717) is 0 Å². The van der Waals surface area contributed by atoms with Crippen LogP contribution in [0.3, 0.4) is 0 Å². The van der Waals surface area contributed by atoms with Crippen LogP contribution in [0, 0.1) is 6.92 Å². The number of amides is 1. The van der Waals surface area contributed by atoms with Gasteiger partial charge in [-0.3, -0.25) is 4.79 Å². The van der Waals surface area contributed by atoms with Crippen molar-refractivity contribution >= 4 is 27.5 Å². The lowest BCUT2D eigenvalue weighted by atomic mass is 10.2. The molecule has 82 valence electrons. The summed E-state index contributed by atoms with van der Waals surface area (Å²) in [4.78, 5) is 11.7. The number of carbonyl (C=O) groups excluding carboxylic acids is 1. The Morgan fingerprint density at radius 2 is 2.25 bits per heavy atom. The highest BCUT2D eigenvalue weighted by atomic mass is 79.9. The quantitative estimate of drug-likeness (QED) is 0.920. The van der Waals surface area contributed by atoms with E-state index in [0.717, 1.165) is 15.7 Å². The minimum Gasteiger partial charge on any atom is -0.351 e. The third kappa shape index (κ3) is 2.30. The van der Waals surface area contributed by atoms with Crippen molar-refractivity contribution in [2.24, 2.45) is 0 Å². The summed E-state index contributed by atoms with van der Waals surface area (Å²) in [6.07, 6.45) is 1.43. The van der Waals surface area contributed by atoms with Crippen LogP contribution < -0.4 is 5.32 Å². The number of aryl methyl sites for hydroxylation is 1. The van der Waals surface area contributed by atoms with Gasteiger partial charge in [0.25, 0.3) is 5.91 Å². The van der Waals surface area contributed by atoms with Crippen molar-refractivity contribution in [1.82, 2.24) is 5.16 Å². The molecule has 1 N–H and O–H groups in total. The predicted octanol–water partition coefficient (Wildman–Crippen LogP) is 3.00. The fourth-order valence-corrected chi connectivity index (χ4v) is 1.61. The maximum absolute atomic E-state index is 11.7. The normalized spacial score (nSPS) is 10.1. The molecule has 0 fully saturated rings. The van der Waals surface area contributed by atoms with Crippen LogP contribution in [0.1, 0.15) is 16.1 Å². The van der Waals surface area contributed by atoms with Gasteiger partial charge in [0.15, 0.2) is 0 Å². The van der Waals surface area contributed by atoms with E-state index in [1.807, 2.05) is 25.1 Å². The average molecular weight is 281 g/mol. The first-order valence-electron chi connectivity index (χ1n) is 4.65. The van der Waals surface area contributed by atoms with Gasteiger partial charge in [-0.25, -0.2) is 0 Å². The molecule has 0 saturated heterocycles. The molecule has 0 aliphatic carbocycles. The first kappa shape index (κ1) is 10.9. The minimum atomic E-state index is -0.307. The molecule has 1 aromatic heterocycles. The molecule has 0 aliphatic heterocycles. The molecule has 2 rings (SSSR count). The third-order valence-corrected chi connectivity index (χ3v) is 2.60. The molecule has 0 atom stereocenters. The summed E-state index contributed by atoms with van der Waals surface area (Å²) in [5.74, 6) is -0.113. The molecule has 0 unspecified atom stereocenters. The van der Waals surface area contributed by atoms with Crippen LogP contribution in [0.5, 0.6) is 0 Å². The summed E-state index contributed by atoms with van der Waals surface area (Å²) in [5.41, 5.74) is 1.73. The first-order valence-corrected chi connectivity index (χ1v) is 5.44. The van der Waals surface area contributed by atoms with Gasteiger partial charge in [-0.15, -0.1) is 0 Å². The third-order valence-electron chi connectivity index (χ3n) is 2.11. The number of anilines is 1. The van der Waals surface area contributed by atoms with Gasteiger partial charge in [-0.1, -0.05) is 27.2 Å². The zero-order valence-corrected chi connectivity index (χ0v) is 10.1. The number of halogens is 1. The molecule has 4 nitrogen and oxygen atoms in total. The van der Waals surface area contributed by atoms with Gasteiger partial charge in [0.1, 0.15) is 0 Å². The fraction of sp³-hybridized carbons (Fsp3) is 0.0909. The van der Waals surface area contributed by atoms with E-state index >= 15 is 0 Å². The van der Waals surface area contributed by atoms with E-state index < -0.39 is 0 Å². The van der Waals surface area contributed by atoms with Crippen LogP contribution in [-0.2, 0) is 0 Å². The molecule has 1 amide bonds. The van der Waals surface area contributed by atoms with Crippen molar-refractivity contribution in [3.8, 4) is 0 Å². The van der Waals surface area contributed by atoms with E-state index in [1.54, 1.807) is 0 Å². The van der Waals surface area contributed by atoms with Crippen molar-refractivity contribution < 1.29 is 9.32 Å². The molecule has 0 bridgehead atoms. The van der Waals surface area contributed by atoms with Gasteiger partial charge >= 0.3 is 0 Å². The lowest BCUT2D eigenvalue weighted by Gasteiger charge is -2.06. The Morgan fingerprint density at radius 3 is 2.94 bits per heavy atom. The Kier molecular flexibility index (Phi) is 3.05. The number of carbonyl (C=O) groups is 1. The maximum Gasteiger partial charge on any atom is 0.294 e. The van der Waals surface area contributed by atoms with E-state index in [9.17, 15) is 4.79 Å². The minimum absolute atomic E-state index is 0.194. The van der Waals surface area contributed by atoms with Gasteiger partial charge < -0.3 is 9.84 Å². The number of nitrogens with zero attached hydrogens (tertiary/aromatic N) is 1. The first-order chi connectivity index (χ1) is 7.66. The lowest BCUT2D eigenvalue weighted by Crippen LogP contribution is -2.11. The smallest absolute Gasteiger partial charge is 0.294 e. The highest BCUT2D eigenvalue weighted by Gasteiger charge is 2.11. The number of nitrogens with one attached hydrogen (secondary N) is 1. The summed E-state index contributed by atoms with van der Waals surface area (Å²) < 4.78 is 5.67. The Bertz CT molecular complexity index is 509.